The predicted molar refractivity (Wildman–Crippen MR) is 72.3 cm³/mol. The van der Waals surface area contributed by atoms with Gasteiger partial charge in [-0.15, -0.1) is 11.3 Å². The minimum Gasteiger partial charge on any atom is -0.476 e. The fraction of sp³-hybridized carbons (Fsp3) is 0.538. The zero-order valence-electron chi connectivity index (χ0n) is 10.9. The van der Waals surface area contributed by atoms with Gasteiger partial charge in [0.1, 0.15) is 5.41 Å². The molecular formula is C13H15N3O3S. The Hall–Kier alpha value is -1.94. The molecule has 0 aliphatic heterocycles. The Morgan fingerprint density at radius 2 is 2.20 bits per heavy atom. The van der Waals surface area contributed by atoms with Crippen molar-refractivity contribution >= 4 is 23.2 Å². The van der Waals surface area contributed by atoms with Gasteiger partial charge in [0.25, 0.3) is 0 Å². The minimum absolute atomic E-state index is 0.0283. The molecule has 2 N–H and O–H groups in total. The Balaban J connectivity index is 1.85. The van der Waals surface area contributed by atoms with E-state index in [0.717, 1.165) is 12.8 Å². The molecular weight excluding hydrogens is 278 g/mol. The molecule has 2 rings (SSSR count). The molecule has 0 aromatic carbocycles. The molecule has 0 saturated heterocycles. The highest BCUT2D eigenvalue weighted by Gasteiger charge is 2.41. The predicted octanol–water partition coefficient (Wildman–Crippen LogP) is 1.58. The van der Waals surface area contributed by atoms with Gasteiger partial charge in [-0.25, -0.2) is 9.78 Å². The van der Waals surface area contributed by atoms with E-state index in [1.807, 2.05) is 0 Å². The van der Waals surface area contributed by atoms with Gasteiger partial charge in [-0.2, -0.15) is 5.26 Å². The SMILES string of the molecule is N#CC1(C(=O)NCCc2nc(C(=O)O)cs2)CCCC1. The Bertz CT molecular complexity index is 555. The van der Waals surface area contributed by atoms with Crippen molar-refractivity contribution < 1.29 is 14.7 Å². The summed E-state index contributed by atoms with van der Waals surface area (Å²) in [5, 5.41) is 22.8. The molecule has 1 aromatic heterocycles. The third-order valence-electron chi connectivity index (χ3n) is 3.50. The molecule has 1 amide bonds. The van der Waals surface area contributed by atoms with E-state index in [9.17, 15) is 14.9 Å². The molecule has 1 heterocycles. The first-order valence-corrected chi connectivity index (χ1v) is 7.33. The zero-order valence-corrected chi connectivity index (χ0v) is 11.7. The second kappa shape index (κ2) is 6.01. The van der Waals surface area contributed by atoms with Crippen molar-refractivity contribution in [2.45, 2.75) is 32.1 Å². The third-order valence-corrected chi connectivity index (χ3v) is 4.41. The number of carbonyl (C=O) groups is 2. The Kier molecular flexibility index (Phi) is 4.35. The second-order valence-corrected chi connectivity index (χ2v) is 5.78. The molecule has 1 fully saturated rings. The van der Waals surface area contributed by atoms with E-state index in [1.54, 1.807) is 0 Å². The molecule has 7 heteroatoms. The maximum Gasteiger partial charge on any atom is 0.355 e. The third kappa shape index (κ3) is 2.96. The van der Waals surface area contributed by atoms with Crippen LogP contribution in [0.15, 0.2) is 5.38 Å². The van der Waals surface area contributed by atoms with Crippen molar-refractivity contribution in [3.63, 3.8) is 0 Å². The lowest BCUT2D eigenvalue weighted by Crippen LogP contribution is -2.39. The quantitative estimate of drug-likeness (QED) is 0.858. The topological polar surface area (TPSA) is 103 Å². The summed E-state index contributed by atoms with van der Waals surface area (Å²) in [6.45, 7) is 0.370. The Morgan fingerprint density at radius 3 is 2.75 bits per heavy atom. The standard InChI is InChI=1S/C13H15N3O3S/c14-8-13(4-1-2-5-13)12(19)15-6-3-10-16-9(7-20-10)11(17)18/h7H,1-6H2,(H,15,19)(H,17,18). The molecule has 106 valence electrons. The molecule has 1 saturated carbocycles. The van der Waals surface area contributed by atoms with Crippen LogP contribution in [0.5, 0.6) is 0 Å². The first kappa shape index (κ1) is 14.5. The van der Waals surface area contributed by atoms with Crippen LogP contribution in [0.2, 0.25) is 0 Å². The van der Waals surface area contributed by atoms with Crippen molar-refractivity contribution in [3.8, 4) is 6.07 Å². The maximum absolute atomic E-state index is 12.1. The van der Waals surface area contributed by atoms with Gasteiger partial charge < -0.3 is 10.4 Å². The van der Waals surface area contributed by atoms with Crippen LogP contribution >= 0.6 is 11.3 Å². The van der Waals surface area contributed by atoms with Crippen molar-refractivity contribution in [1.29, 1.82) is 5.26 Å². The van der Waals surface area contributed by atoms with Crippen LogP contribution in [0.1, 0.15) is 41.2 Å². The number of hydrogen-bond acceptors (Lipinski definition) is 5. The second-order valence-electron chi connectivity index (χ2n) is 4.84. The number of thiazole rings is 1. The highest BCUT2D eigenvalue weighted by molar-refractivity contribution is 7.09. The van der Waals surface area contributed by atoms with Crippen molar-refractivity contribution in [3.05, 3.63) is 16.1 Å². The number of amides is 1. The van der Waals surface area contributed by atoms with Crippen LogP contribution in [-0.2, 0) is 11.2 Å². The van der Waals surface area contributed by atoms with E-state index < -0.39 is 11.4 Å². The summed E-state index contributed by atoms with van der Waals surface area (Å²) in [5.74, 6) is -1.27. The van der Waals surface area contributed by atoms with Crippen LogP contribution in [0.25, 0.3) is 0 Å². The molecule has 0 radical (unpaired) electrons. The zero-order chi connectivity index (χ0) is 14.6. The fourth-order valence-corrected chi connectivity index (χ4v) is 3.12. The monoisotopic (exact) mass is 293 g/mol. The van der Waals surface area contributed by atoms with E-state index in [4.69, 9.17) is 5.11 Å². The number of carboxylic acid groups (broad SMARTS) is 1. The molecule has 1 aliphatic rings. The summed E-state index contributed by atoms with van der Waals surface area (Å²) in [6.07, 6.45) is 3.54. The summed E-state index contributed by atoms with van der Waals surface area (Å²) in [7, 11) is 0. The number of aromatic carboxylic acids is 1. The molecule has 0 unspecified atom stereocenters. The van der Waals surface area contributed by atoms with E-state index in [2.05, 4.69) is 16.4 Å². The average molecular weight is 293 g/mol. The maximum atomic E-state index is 12.1. The normalized spacial score (nSPS) is 16.6. The summed E-state index contributed by atoms with van der Waals surface area (Å²) in [4.78, 5) is 26.7. The van der Waals surface area contributed by atoms with Gasteiger partial charge in [0.15, 0.2) is 5.69 Å². The number of rotatable bonds is 5. The molecule has 1 aliphatic carbocycles. The highest BCUT2D eigenvalue weighted by atomic mass is 32.1. The number of nitrogens with zero attached hydrogens (tertiary/aromatic N) is 2. The minimum atomic E-state index is -1.05. The molecule has 1 aromatic rings. The van der Waals surface area contributed by atoms with E-state index >= 15 is 0 Å². The van der Waals surface area contributed by atoms with Gasteiger partial charge in [0.05, 0.1) is 11.1 Å². The van der Waals surface area contributed by atoms with Crippen LogP contribution in [0.4, 0.5) is 0 Å². The van der Waals surface area contributed by atoms with E-state index in [0.29, 0.717) is 30.8 Å². The Morgan fingerprint density at radius 1 is 1.50 bits per heavy atom. The van der Waals surface area contributed by atoms with Crippen LogP contribution in [0.3, 0.4) is 0 Å². The summed E-state index contributed by atoms with van der Waals surface area (Å²) in [6, 6.07) is 2.14. The van der Waals surface area contributed by atoms with E-state index in [1.165, 1.54) is 16.7 Å². The fourth-order valence-electron chi connectivity index (χ4n) is 2.34. The van der Waals surface area contributed by atoms with Crippen molar-refractivity contribution in [1.82, 2.24) is 10.3 Å². The van der Waals surface area contributed by atoms with Crippen molar-refractivity contribution in [2.24, 2.45) is 5.41 Å². The smallest absolute Gasteiger partial charge is 0.355 e. The number of carbonyl (C=O) groups excluding carboxylic acids is 1. The number of nitrogens with one attached hydrogen (secondary N) is 1. The molecule has 0 atom stereocenters. The summed E-state index contributed by atoms with van der Waals surface area (Å²) < 4.78 is 0. The first-order valence-electron chi connectivity index (χ1n) is 6.45. The number of hydrogen-bond donors (Lipinski definition) is 2. The van der Waals surface area contributed by atoms with Crippen LogP contribution in [0, 0.1) is 16.7 Å². The van der Waals surface area contributed by atoms with Gasteiger partial charge in [0.2, 0.25) is 5.91 Å². The number of aromatic nitrogens is 1. The summed E-state index contributed by atoms with van der Waals surface area (Å²) in [5.41, 5.74) is -0.838. The van der Waals surface area contributed by atoms with Crippen LogP contribution < -0.4 is 5.32 Å². The number of nitriles is 1. The van der Waals surface area contributed by atoms with Gasteiger partial charge in [0, 0.05) is 18.3 Å². The van der Waals surface area contributed by atoms with Gasteiger partial charge in [-0.1, -0.05) is 12.8 Å². The lowest BCUT2D eigenvalue weighted by atomic mass is 9.87. The van der Waals surface area contributed by atoms with Gasteiger partial charge in [-0.05, 0) is 12.8 Å². The molecule has 0 bridgehead atoms. The molecule has 0 spiro atoms. The highest BCUT2D eigenvalue weighted by Crippen LogP contribution is 2.37. The largest absolute Gasteiger partial charge is 0.476 e. The Labute approximate surface area is 120 Å². The summed E-state index contributed by atoms with van der Waals surface area (Å²) >= 11 is 1.26. The van der Waals surface area contributed by atoms with Crippen molar-refractivity contribution in [2.75, 3.05) is 6.54 Å². The van der Waals surface area contributed by atoms with Gasteiger partial charge in [-0.3, -0.25) is 4.79 Å². The lowest BCUT2D eigenvalue weighted by molar-refractivity contribution is -0.127. The van der Waals surface area contributed by atoms with Gasteiger partial charge >= 0.3 is 5.97 Å². The average Bonchev–Trinajstić information content (AvgIpc) is 3.08. The molecule has 6 nitrogen and oxygen atoms in total. The van der Waals surface area contributed by atoms with E-state index in [-0.39, 0.29) is 11.6 Å². The molecule has 20 heavy (non-hydrogen) atoms. The lowest BCUT2D eigenvalue weighted by Gasteiger charge is -2.18. The number of carboxylic acids is 1. The first-order chi connectivity index (χ1) is 9.57. The van der Waals surface area contributed by atoms with Crippen LogP contribution in [-0.4, -0.2) is 28.5 Å².